The van der Waals surface area contributed by atoms with Crippen LogP contribution in [-0.4, -0.2) is 24.6 Å². The second-order valence-electron chi connectivity index (χ2n) is 6.49. The van der Waals surface area contributed by atoms with Crippen molar-refractivity contribution < 1.29 is 9.66 Å². The fourth-order valence-electron chi connectivity index (χ4n) is 3.96. The molecule has 25 heavy (non-hydrogen) atoms. The predicted octanol–water partition coefficient (Wildman–Crippen LogP) is 3.14. The van der Waals surface area contributed by atoms with Gasteiger partial charge in [0.25, 0.3) is 5.69 Å². The van der Waals surface area contributed by atoms with Gasteiger partial charge in [-0.05, 0) is 36.1 Å². The Morgan fingerprint density at radius 3 is 2.92 bits per heavy atom. The number of nitrogens with zero attached hydrogens (tertiary/aromatic N) is 3. The van der Waals surface area contributed by atoms with Crippen molar-refractivity contribution in [3.05, 3.63) is 69.3 Å². The highest BCUT2D eigenvalue weighted by Crippen LogP contribution is 2.44. The van der Waals surface area contributed by atoms with Crippen LogP contribution in [0, 0.1) is 21.4 Å². The molecule has 0 amide bonds. The molecular formula is C19H17N3O3. The largest absolute Gasteiger partial charge is 0.367 e. The molecule has 2 aliphatic rings. The number of rotatable bonds is 2. The van der Waals surface area contributed by atoms with E-state index in [0.717, 1.165) is 12.8 Å². The molecule has 1 unspecified atom stereocenters. The number of aryl methyl sites for hydroxylation is 1. The molecule has 2 aromatic carbocycles. The van der Waals surface area contributed by atoms with E-state index in [9.17, 15) is 10.1 Å². The molecular weight excluding hydrogens is 318 g/mol. The minimum absolute atomic E-state index is 0.0256. The number of nitriles is 1. The number of hydrogen-bond donors (Lipinski definition) is 0. The quantitative estimate of drug-likeness (QED) is 0.622. The highest BCUT2D eigenvalue weighted by atomic mass is 16.6. The van der Waals surface area contributed by atoms with Crippen molar-refractivity contribution in [1.82, 2.24) is 0 Å². The fourth-order valence-corrected chi connectivity index (χ4v) is 3.96. The molecule has 4 rings (SSSR count). The Hall–Kier alpha value is -2.91. The third kappa shape index (κ3) is 2.53. The molecule has 1 atom stereocenters. The summed E-state index contributed by atoms with van der Waals surface area (Å²) in [6, 6.07) is 14.9. The van der Waals surface area contributed by atoms with Gasteiger partial charge in [0, 0.05) is 12.6 Å². The van der Waals surface area contributed by atoms with Gasteiger partial charge in [-0.2, -0.15) is 5.26 Å². The Balaban J connectivity index is 1.72. The van der Waals surface area contributed by atoms with Crippen LogP contribution in [0.3, 0.4) is 0 Å². The van der Waals surface area contributed by atoms with E-state index in [1.807, 2.05) is 23.1 Å². The van der Waals surface area contributed by atoms with E-state index in [2.05, 4.69) is 12.1 Å². The molecule has 0 aromatic heterocycles. The monoisotopic (exact) mass is 335 g/mol. The first-order valence-corrected chi connectivity index (χ1v) is 8.29. The third-order valence-corrected chi connectivity index (χ3v) is 5.13. The lowest BCUT2D eigenvalue weighted by molar-refractivity contribution is -0.384. The Bertz CT molecular complexity index is 886. The SMILES string of the molecule is N#Cc1ccc(N2CCOC3(CCc4ccccc43)C2)c([N+](=O)[O-])c1. The van der Waals surface area contributed by atoms with Gasteiger partial charge in [0.2, 0.25) is 0 Å². The number of ether oxygens (including phenoxy) is 1. The van der Waals surface area contributed by atoms with Gasteiger partial charge in [0.05, 0.1) is 29.7 Å². The minimum atomic E-state index is -0.416. The molecule has 1 aliphatic carbocycles. The van der Waals surface area contributed by atoms with Crippen LogP contribution < -0.4 is 4.90 Å². The zero-order valence-corrected chi connectivity index (χ0v) is 13.6. The van der Waals surface area contributed by atoms with Gasteiger partial charge in [-0.1, -0.05) is 24.3 Å². The van der Waals surface area contributed by atoms with Crippen LogP contribution in [0.2, 0.25) is 0 Å². The summed E-state index contributed by atoms with van der Waals surface area (Å²) in [6.45, 7) is 1.69. The first kappa shape index (κ1) is 15.6. The van der Waals surface area contributed by atoms with Crippen LogP contribution in [0.1, 0.15) is 23.1 Å². The van der Waals surface area contributed by atoms with E-state index in [4.69, 9.17) is 10.00 Å². The number of anilines is 1. The Labute approximate surface area is 145 Å². The van der Waals surface area contributed by atoms with Gasteiger partial charge in [-0.3, -0.25) is 10.1 Å². The van der Waals surface area contributed by atoms with Gasteiger partial charge >= 0.3 is 0 Å². The first-order chi connectivity index (χ1) is 12.1. The maximum atomic E-state index is 11.5. The van der Waals surface area contributed by atoms with Crippen molar-refractivity contribution in [2.75, 3.05) is 24.6 Å². The summed E-state index contributed by atoms with van der Waals surface area (Å²) in [5, 5.41) is 20.5. The smallest absolute Gasteiger partial charge is 0.293 e. The van der Waals surface area contributed by atoms with E-state index in [0.29, 0.717) is 30.9 Å². The van der Waals surface area contributed by atoms with Gasteiger partial charge in [-0.15, -0.1) is 0 Å². The van der Waals surface area contributed by atoms with Crippen LogP contribution in [0.4, 0.5) is 11.4 Å². The van der Waals surface area contributed by atoms with E-state index in [-0.39, 0.29) is 5.69 Å². The molecule has 126 valence electrons. The molecule has 0 saturated carbocycles. The van der Waals surface area contributed by atoms with Gasteiger partial charge in [0.1, 0.15) is 11.3 Å². The molecule has 6 nitrogen and oxygen atoms in total. The number of hydrogen-bond acceptors (Lipinski definition) is 5. The molecule has 1 spiro atoms. The average molecular weight is 335 g/mol. The zero-order valence-electron chi connectivity index (χ0n) is 13.6. The number of morpholine rings is 1. The Morgan fingerprint density at radius 1 is 1.28 bits per heavy atom. The lowest BCUT2D eigenvalue weighted by Crippen LogP contribution is -2.49. The summed E-state index contributed by atoms with van der Waals surface area (Å²) in [5.74, 6) is 0. The number of benzene rings is 2. The standard InChI is InChI=1S/C19H17N3O3/c20-12-14-5-6-17(18(11-14)22(23)24)21-9-10-25-19(13-21)8-7-15-3-1-2-4-16(15)19/h1-6,11H,7-10,13H2. The molecule has 0 radical (unpaired) electrons. The van der Waals surface area contributed by atoms with E-state index < -0.39 is 10.5 Å². The van der Waals surface area contributed by atoms with E-state index >= 15 is 0 Å². The molecule has 1 saturated heterocycles. The predicted molar refractivity (Wildman–Crippen MR) is 92.4 cm³/mol. The fraction of sp³-hybridized carbons (Fsp3) is 0.316. The summed E-state index contributed by atoms with van der Waals surface area (Å²) < 4.78 is 6.19. The maximum absolute atomic E-state index is 11.5. The van der Waals surface area contributed by atoms with Crippen molar-refractivity contribution >= 4 is 11.4 Å². The lowest BCUT2D eigenvalue weighted by Gasteiger charge is -2.42. The van der Waals surface area contributed by atoms with Crippen LogP contribution in [0.15, 0.2) is 42.5 Å². The molecule has 0 bridgehead atoms. The van der Waals surface area contributed by atoms with Gasteiger partial charge in [0.15, 0.2) is 0 Å². The minimum Gasteiger partial charge on any atom is -0.367 e. The number of nitro groups is 1. The second kappa shape index (κ2) is 5.87. The van der Waals surface area contributed by atoms with Crippen LogP contribution in [0.5, 0.6) is 0 Å². The summed E-state index contributed by atoms with van der Waals surface area (Å²) in [4.78, 5) is 13.1. The first-order valence-electron chi connectivity index (χ1n) is 8.29. The normalized spacial score (nSPS) is 21.8. The molecule has 1 fully saturated rings. The molecule has 0 N–H and O–H groups in total. The molecule has 1 heterocycles. The highest BCUT2D eigenvalue weighted by molar-refractivity contribution is 5.66. The summed E-state index contributed by atoms with van der Waals surface area (Å²) in [6.07, 6.45) is 1.84. The van der Waals surface area contributed by atoms with Crippen molar-refractivity contribution in [3.63, 3.8) is 0 Å². The molecule has 1 aliphatic heterocycles. The van der Waals surface area contributed by atoms with Crippen LogP contribution in [0.25, 0.3) is 0 Å². The number of fused-ring (bicyclic) bond motifs is 2. The third-order valence-electron chi connectivity index (χ3n) is 5.13. The number of nitro benzene ring substituents is 1. The summed E-state index contributed by atoms with van der Waals surface area (Å²) >= 11 is 0. The maximum Gasteiger partial charge on any atom is 0.293 e. The molecule has 6 heteroatoms. The van der Waals surface area contributed by atoms with Crippen molar-refractivity contribution in [3.8, 4) is 6.07 Å². The second-order valence-corrected chi connectivity index (χ2v) is 6.49. The highest BCUT2D eigenvalue weighted by Gasteiger charge is 2.44. The van der Waals surface area contributed by atoms with E-state index in [1.54, 1.807) is 12.1 Å². The van der Waals surface area contributed by atoms with Gasteiger partial charge in [-0.25, -0.2) is 0 Å². The van der Waals surface area contributed by atoms with Crippen LogP contribution in [-0.2, 0) is 16.8 Å². The topological polar surface area (TPSA) is 79.4 Å². The van der Waals surface area contributed by atoms with Crippen molar-refractivity contribution in [2.24, 2.45) is 0 Å². The zero-order chi connectivity index (χ0) is 17.4. The summed E-state index contributed by atoms with van der Waals surface area (Å²) in [5.41, 5.74) is 2.90. The lowest BCUT2D eigenvalue weighted by atomic mass is 9.93. The van der Waals surface area contributed by atoms with Crippen LogP contribution >= 0.6 is 0 Å². The van der Waals surface area contributed by atoms with Gasteiger partial charge < -0.3 is 9.64 Å². The van der Waals surface area contributed by atoms with Crippen molar-refractivity contribution in [2.45, 2.75) is 18.4 Å². The average Bonchev–Trinajstić information content (AvgIpc) is 2.99. The summed E-state index contributed by atoms with van der Waals surface area (Å²) in [7, 11) is 0. The van der Waals surface area contributed by atoms with Crippen molar-refractivity contribution in [1.29, 1.82) is 5.26 Å². The Morgan fingerprint density at radius 2 is 2.12 bits per heavy atom. The van der Waals surface area contributed by atoms with E-state index in [1.165, 1.54) is 17.2 Å². The Kier molecular flexibility index (Phi) is 3.66. The molecule has 2 aromatic rings.